The Labute approximate surface area is 162 Å². The van der Waals surface area contributed by atoms with Crippen LogP contribution in [0.15, 0.2) is 23.1 Å². The summed E-state index contributed by atoms with van der Waals surface area (Å²) in [6.07, 6.45) is 4.91. The summed E-state index contributed by atoms with van der Waals surface area (Å²) in [4.78, 5) is 12.9. The zero-order valence-corrected chi connectivity index (χ0v) is 17.2. The Morgan fingerprint density at radius 1 is 1.19 bits per heavy atom. The molecule has 0 aromatic heterocycles. The lowest BCUT2D eigenvalue weighted by Gasteiger charge is -2.34. The molecule has 6 nitrogen and oxygen atoms in total. The molecule has 0 radical (unpaired) electrons. The van der Waals surface area contributed by atoms with Crippen LogP contribution in [-0.2, 0) is 10.0 Å². The highest BCUT2D eigenvalue weighted by Crippen LogP contribution is 2.27. The van der Waals surface area contributed by atoms with Gasteiger partial charge in [0.1, 0.15) is 0 Å². The van der Waals surface area contributed by atoms with Crippen LogP contribution in [0.1, 0.15) is 54.9 Å². The average molecular weight is 394 g/mol. The number of nitrogens with zero attached hydrogens (tertiary/aromatic N) is 1. The van der Waals surface area contributed by atoms with Crippen molar-refractivity contribution in [3.05, 3.63) is 29.3 Å². The number of hydrogen-bond acceptors (Lipinski definition) is 4. The first-order valence-corrected chi connectivity index (χ1v) is 11.4. The van der Waals surface area contributed by atoms with Crippen molar-refractivity contribution in [2.45, 2.75) is 50.8 Å². The molecule has 1 aromatic rings. The van der Waals surface area contributed by atoms with E-state index in [0.717, 1.165) is 45.2 Å². The summed E-state index contributed by atoms with van der Waals surface area (Å²) in [5.41, 5.74) is 1.19. The highest BCUT2D eigenvalue weighted by molar-refractivity contribution is 7.89. The number of hydrogen-bond donors (Lipinski definition) is 2. The van der Waals surface area contributed by atoms with Crippen LogP contribution in [0.2, 0.25) is 0 Å². The van der Waals surface area contributed by atoms with Crippen LogP contribution in [0.25, 0.3) is 0 Å². The van der Waals surface area contributed by atoms with Gasteiger partial charge in [-0.15, -0.1) is 0 Å². The van der Waals surface area contributed by atoms with E-state index in [0.29, 0.717) is 30.8 Å². The van der Waals surface area contributed by atoms with Crippen molar-refractivity contribution in [1.29, 1.82) is 0 Å². The Kier molecular flexibility index (Phi) is 6.23. The SMILES string of the molecule is Cc1ccc(C(=O)NCC2(C)CCNCC2)cc1S(=O)(=O)N1CCCCC1. The van der Waals surface area contributed by atoms with E-state index >= 15 is 0 Å². The average Bonchev–Trinajstić information content (AvgIpc) is 2.67. The number of nitrogens with one attached hydrogen (secondary N) is 2. The number of benzene rings is 1. The fourth-order valence-electron chi connectivity index (χ4n) is 3.87. The molecule has 0 spiro atoms. The normalized spacial score (nSPS) is 21.0. The minimum Gasteiger partial charge on any atom is -0.351 e. The second-order valence-corrected chi connectivity index (χ2v) is 10.1. The third-order valence-electron chi connectivity index (χ3n) is 5.87. The van der Waals surface area contributed by atoms with Gasteiger partial charge < -0.3 is 10.6 Å². The summed E-state index contributed by atoms with van der Waals surface area (Å²) >= 11 is 0. The van der Waals surface area contributed by atoms with Crippen LogP contribution in [0, 0.1) is 12.3 Å². The summed E-state index contributed by atoms with van der Waals surface area (Å²) < 4.78 is 27.6. The number of amides is 1. The molecule has 1 aromatic carbocycles. The van der Waals surface area contributed by atoms with E-state index in [-0.39, 0.29) is 16.2 Å². The second-order valence-electron chi connectivity index (χ2n) is 8.19. The minimum absolute atomic E-state index is 0.0916. The van der Waals surface area contributed by atoms with Crippen LogP contribution in [-0.4, -0.2) is 51.4 Å². The minimum atomic E-state index is -3.55. The van der Waals surface area contributed by atoms with E-state index in [1.807, 2.05) is 0 Å². The van der Waals surface area contributed by atoms with Crippen molar-refractivity contribution in [2.24, 2.45) is 5.41 Å². The van der Waals surface area contributed by atoms with Gasteiger partial charge >= 0.3 is 0 Å². The first-order chi connectivity index (χ1) is 12.8. The molecular weight excluding hydrogens is 362 g/mol. The Bertz CT molecular complexity index is 780. The fourth-order valence-corrected chi connectivity index (χ4v) is 5.63. The van der Waals surface area contributed by atoms with E-state index in [2.05, 4.69) is 17.6 Å². The van der Waals surface area contributed by atoms with Crippen molar-refractivity contribution in [3.63, 3.8) is 0 Å². The maximum Gasteiger partial charge on any atom is 0.251 e. The van der Waals surface area contributed by atoms with Crippen molar-refractivity contribution in [3.8, 4) is 0 Å². The summed E-state index contributed by atoms with van der Waals surface area (Å²) in [6.45, 7) is 7.64. The summed E-state index contributed by atoms with van der Waals surface area (Å²) in [5.74, 6) is -0.204. The largest absolute Gasteiger partial charge is 0.351 e. The predicted octanol–water partition coefficient (Wildman–Crippen LogP) is 2.29. The van der Waals surface area contributed by atoms with Crippen molar-refractivity contribution in [1.82, 2.24) is 14.9 Å². The van der Waals surface area contributed by atoms with Gasteiger partial charge in [-0.3, -0.25) is 4.79 Å². The van der Waals surface area contributed by atoms with E-state index < -0.39 is 10.0 Å². The molecule has 27 heavy (non-hydrogen) atoms. The first-order valence-electron chi connectivity index (χ1n) is 9.92. The molecule has 2 N–H and O–H groups in total. The van der Waals surface area contributed by atoms with E-state index in [1.54, 1.807) is 29.4 Å². The zero-order valence-electron chi connectivity index (χ0n) is 16.4. The van der Waals surface area contributed by atoms with Gasteiger partial charge in [0.15, 0.2) is 0 Å². The Morgan fingerprint density at radius 3 is 2.52 bits per heavy atom. The van der Waals surface area contributed by atoms with Crippen LogP contribution in [0.3, 0.4) is 0 Å². The molecule has 2 heterocycles. The van der Waals surface area contributed by atoms with Gasteiger partial charge in [0.2, 0.25) is 10.0 Å². The zero-order chi connectivity index (χ0) is 19.5. The van der Waals surface area contributed by atoms with Gasteiger partial charge in [0.25, 0.3) is 5.91 Å². The molecule has 3 rings (SSSR count). The highest BCUT2D eigenvalue weighted by Gasteiger charge is 2.29. The molecule has 2 fully saturated rings. The van der Waals surface area contributed by atoms with Gasteiger partial charge in [0, 0.05) is 25.2 Å². The number of aryl methyl sites for hydroxylation is 1. The first kappa shape index (κ1) is 20.3. The Hall–Kier alpha value is -1.44. The molecule has 0 aliphatic carbocycles. The number of piperidine rings is 2. The molecule has 2 aliphatic heterocycles. The van der Waals surface area contributed by atoms with E-state index in [1.165, 1.54) is 0 Å². The predicted molar refractivity (Wildman–Crippen MR) is 106 cm³/mol. The second kappa shape index (κ2) is 8.29. The number of sulfonamides is 1. The lowest BCUT2D eigenvalue weighted by Crippen LogP contribution is -2.43. The van der Waals surface area contributed by atoms with Crippen molar-refractivity contribution < 1.29 is 13.2 Å². The number of rotatable bonds is 5. The number of carbonyl (C=O) groups is 1. The fraction of sp³-hybridized carbons (Fsp3) is 0.650. The molecular formula is C20H31N3O3S. The van der Waals surface area contributed by atoms with Crippen LogP contribution >= 0.6 is 0 Å². The molecule has 0 saturated carbocycles. The lowest BCUT2D eigenvalue weighted by atomic mass is 9.81. The van der Waals surface area contributed by atoms with Crippen LogP contribution < -0.4 is 10.6 Å². The molecule has 0 unspecified atom stereocenters. The summed E-state index contributed by atoms with van der Waals surface area (Å²) in [6, 6.07) is 4.99. The maximum atomic E-state index is 13.0. The van der Waals surface area contributed by atoms with Gasteiger partial charge in [-0.2, -0.15) is 4.31 Å². The quantitative estimate of drug-likeness (QED) is 0.805. The van der Waals surface area contributed by atoms with Gasteiger partial charge in [-0.1, -0.05) is 19.4 Å². The lowest BCUT2D eigenvalue weighted by molar-refractivity contribution is 0.0922. The van der Waals surface area contributed by atoms with E-state index in [9.17, 15) is 13.2 Å². The molecule has 2 aliphatic rings. The summed E-state index contributed by atoms with van der Waals surface area (Å²) in [7, 11) is -3.55. The van der Waals surface area contributed by atoms with E-state index in [4.69, 9.17) is 0 Å². The van der Waals surface area contributed by atoms with Crippen LogP contribution in [0.5, 0.6) is 0 Å². The third-order valence-corrected chi connectivity index (χ3v) is 7.91. The molecule has 0 atom stereocenters. The maximum absolute atomic E-state index is 13.0. The Morgan fingerprint density at radius 2 is 1.85 bits per heavy atom. The van der Waals surface area contributed by atoms with Gasteiger partial charge in [0.05, 0.1) is 4.90 Å². The van der Waals surface area contributed by atoms with Crippen molar-refractivity contribution in [2.75, 3.05) is 32.7 Å². The molecule has 150 valence electrons. The Balaban J connectivity index is 1.75. The standard InChI is InChI=1S/C20H31N3O3S/c1-16-6-7-17(19(24)22-15-20(2)8-10-21-11-9-20)14-18(16)27(25,26)23-12-4-3-5-13-23/h6-7,14,21H,3-5,8-13,15H2,1-2H3,(H,22,24). The molecule has 7 heteroatoms. The molecule has 2 saturated heterocycles. The topological polar surface area (TPSA) is 78.5 Å². The smallest absolute Gasteiger partial charge is 0.251 e. The van der Waals surface area contributed by atoms with Crippen molar-refractivity contribution >= 4 is 15.9 Å². The summed E-state index contributed by atoms with van der Waals surface area (Å²) in [5, 5.41) is 6.35. The number of carbonyl (C=O) groups excluding carboxylic acids is 1. The third kappa shape index (κ3) is 4.70. The molecule has 0 bridgehead atoms. The van der Waals surface area contributed by atoms with Gasteiger partial charge in [-0.05, 0) is 68.8 Å². The molecule has 1 amide bonds. The van der Waals surface area contributed by atoms with Crippen LogP contribution in [0.4, 0.5) is 0 Å². The van der Waals surface area contributed by atoms with Gasteiger partial charge in [-0.25, -0.2) is 8.42 Å². The monoisotopic (exact) mass is 393 g/mol. The highest BCUT2D eigenvalue weighted by atomic mass is 32.2.